The highest BCUT2D eigenvalue weighted by Crippen LogP contribution is 2.27. The minimum Gasteiger partial charge on any atom is -0.504 e. The van der Waals surface area contributed by atoms with E-state index in [9.17, 15) is 9.90 Å². The zero-order valence-corrected chi connectivity index (χ0v) is 13.2. The van der Waals surface area contributed by atoms with Gasteiger partial charge in [0.25, 0.3) is 5.91 Å². The Hall–Kier alpha value is -2.56. The Morgan fingerprint density at radius 2 is 2.09 bits per heavy atom. The Balaban J connectivity index is 1.81. The molecule has 1 fully saturated rings. The molecule has 2 heterocycles. The molecule has 23 heavy (non-hydrogen) atoms. The van der Waals surface area contributed by atoms with E-state index in [2.05, 4.69) is 11.9 Å². The zero-order chi connectivity index (χ0) is 16.4. The summed E-state index contributed by atoms with van der Waals surface area (Å²) in [7, 11) is 0. The number of hydrogen-bond acceptors (Lipinski definition) is 4. The Kier molecular flexibility index (Phi) is 4.19. The van der Waals surface area contributed by atoms with Crippen molar-refractivity contribution in [3.8, 4) is 16.9 Å². The van der Waals surface area contributed by atoms with Gasteiger partial charge in [0.2, 0.25) is 0 Å². The molecule has 1 aromatic heterocycles. The highest BCUT2D eigenvalue weighted by molar-refractivity contribution is 5.95. The second-order valence-corrected chi connectivity index (χ2v) is 5.91. The molecule has 0 unspecified atom stereocenters. The molecule has 1 aliphatic heterocycles. The molecular weight excluding hydrogens is 290 g/mol. The van der Waals surface area contributed by atoms with Crippen molar-refractivity contribution in [3.63, 3.8) is 0 Å². The Morgan fingerprint density at radius 1 is 1.35 bits per heavy atom. The van der Waals surface area contributed by atoms with Crippen LogP contribution in [-0.2, 0) is 0 Å². The molecular formula is C18H21N3O2. The van der Waals surface area contributed by atoms with E-state index in [-0.39, 0.29) is 17.5 Å². The SMILES string of the molecule is CC[C@H]1CCCN1C(=O)c1ccc(-c2cnc(N)c(O)c2)cc1. The lowest BCUT2D eigenvalue weighted by molar-refractivity contribution is 0.0733. The van der Waals surface area contributed by atoms with Crippen molar-refractivity contribution in [2.24, 2.45) is 0 Å². The Labute approximate surface area is 135 Å². The van der Waals surface area contributed by atoms with E-state index in [4.69, 9.17) is 5.73 Å². The van der Waals surface area contributed by atoms with Gasteiger partial charge in [0.15, 0.2) is 11.6 Å². The first-order chi connectivity index (χ1) is 11.1. The zero-order valence-electron chi connectivity index (χ0n) is 13.2. The van der Waals surface area contributed by atoms with Gasteiger partial charge in [-0.3, -0.25) is 4.79 Å². The number of benzene rings is 1. The van der Waals surface area contributed by atoms with Crippen molar-refractivity contribution in [2.45, 2.75) is 32.2 Å². The Morgan fingerprint density at radius 3 is 2.74 bits per heavy atom. The van der Waals surface area contributed by atoms with Crippen molar-refractivity contribution in [1.82, 2.24) is 9.88 Å². The first kappa shape index (κ1) is 15.3. The number of nitrogens with two attached hydrogens (primary N) is 1. The number of nitrogen functional groups attached to an aromatic ring is 1. The highest BCUT2D eigenvalue weighted by Gasteiger charge is 2.27. The standard InChI is InChI=1S/C18H21N3O2/c1-2-15-4-3-9-21(15)18(23)13-7-5-12(6-8-13)14-10-16(22)17(19)20-11-14/h5-8,10-11,15,22H,2-4,9H2,1H3,(H2,19,20)/t15-/m0/s1. The first-order valence-corrected chi connectivity index (χ1v) is 7.96. The van der Waals surface area contributed by atoms with Crippen LogP contribution < -0.4 is 5.73 Å². The van der Waals surface area contributed by atoms with E-state index in [1.54, 1.807) is 12.3 Å². The van der Waals surface area contributed by atoms with Crippen LogP contribution >= 0.6 is 0 Å². The number of amides is 1. The minimum absolute atomic E-state index is 0.0366. The van der Waals surface area contributed by atoms with Crippen LogP contribution in [0.4, 0.5) is 5.82 Å². The summed E-state index contributed by atoms with van der Waals surface area (Å²) in [6, 6.07) is 9.34. The number of aromatic nitrogens is 1. The fourth-order valence-corrected chi connectivity index (χ4v) is 3.12. The third-order valence-corrected chi connectivity index (χ3v) is 4.47. The maximum atomic E-state index is 12.6. The average molecular weight is 311 g/mol. The summed E-state index contributed by atoms with van der Waals surface area (Å²) in [5, 5.41) is 9.66. The molecule has 0 radical (unpaired) electrons. The number of pyridine rings is 1. The number of nitrogens with zero attached hydrogens (tertiary/aromatic N) is 2. The fraction of sp³-hybridized carbons (Fsp3) is 0.333. The van der Waals surface area contributed by atoms with Crippen molar-refractivity contribution >= 4 is 11.7 Å². The maximum absolute atomic E-state index is 12.6. The van der Waals surface area contributed by atoms with Crippen LogP contribution in [-0.4, -0.2) is 33.5 Å². The molecule has 2 aromatic rings. The normalized spacial score (nSPS) is 17.4. The monoisotopic (exact) mass is 311 g/mol. The molecule has 120 valence electrons. The molecule has 0 bridgehead atoms. The van der Waals surface area contributed by atoms with E-state index in [1.165, 1.54) is 0 Å². The van der Waals surface area contributed by atoms with Gasteiger partial charge in [0.05, 0.1) is 0 Å². The molecule has 5 nitrogen and oxygen atoms in total. The second kappa shape index (κ2) is 6.28. The summed E-state index contributed by atoms with van der Waals surface area (Å²) in [5.74, 6) is 0.171. The van der Waals surface area contributed by atoms with Crippen LogP contribution in [0.1, 0.15) is 36.5 Å². The summed E-state index contributed by atoms with van der Waals surface area (Å²) in [6.07, 6.45) is 4.79. The summed E-state index contributed by atoms with van der Waals surface area (Å²) in [6.45, 7) is 2.97. The van der Waals surface area contributed by atoms with Crippen LogP contribution in [0.25, 0.3) is 11.1 Å². The molecule has 1 aliphatic rings. The second-order valence-electron chi connectivity index (χ2n) is 5.91. The van der Waals surface area contributed by atoms with E-state index >= 15 is 0 Å². The van der Waals surface area contributed by atoms with Crippen LogP contribution in [0.15, 0.2) is 36.5 Å². The Bertz CT molecular complexity index is 713. The lowest BCUT2D eigenvalue weighted by atomic mass is 10.0. The topological polar surface area (TPSA) is 79.5 Å². The number of carbonyl (C=O) groups is 1. The largest absolute Gasteiger partial charge is 0.504 e. The highest BCUT2D eigenvalue weighted by atomic mass is 16.3. The van der Waals surface area contributed by atoms with Crippen molar-refractivity contribution in [3.05, 3.63) is 42.1 Å². The summed E-state index contributed by atoms with van der Waals surface area (Å²) < 4.78 is 0. The van der Waals surface area contributed by atoms with E-state index in [0.29, 0.717) is 11.6 Å². The molecule has 1 amide bonds. The molecule has 0 spiro atoms. The number of hydrogen-bond donors (Lipinski definition) is 2. The lowest BCUT2D eigenvalue weighted by Gasteiger charge is -2.23. The van der Waals surface area contributed by atoms with Gasteiger partial charge in [0.1, 0.15) is 0 Å². The molecule has 1 atom stereocenters. The predicted octanol–water partition coefficient (Wildman–Crippen LogP) is 3.05. The molecule has 1 saturated heterocycles. The molecule has 3 rings (SSSR count). The average Bonchev–Trinajstić information content (AvgIpc) is 3.05. The number of likely N-dealkylation sites (tertiary alicyclic amines) is 1. The van der Waals surface area contributed by atoms with Crippen molar-refractivity contribution in [1.29, 1.82) is 0 Å². The van der Waals surface area contributed by atoms with Gasteiger partial charge < -0.3 is 15.7 Å². The van der Waals surface area contributed by atoms with Gasteiger partial charge in [-0.15, -0.1) is 0 Å². The molecule has 1 aromatic carbocycles. The van der Waals surface area contributed by atoms with Gasteiger partial charge in [0, 0.05) is 29.9 Å². The van der Waals surface area contributed by atoms with Gasteiger partial charge >= 0.3 is 0 Å². The van der Waals surface area contributed by atoms with Crippen LogP contribution in [0.5, 0.6) is 5.75 Å². The summed E-state index contributed by atoms with van der Waals surface area (Å²) in [5.41, 5.74) is 7.87. The number of aromatic hydroxyl groups is 1. The first-order valence-electron chi connectivity index (χ1n) is 7.96. The van der Waals surface area contributed by atoms with E-state index in [0.717, 1.165) is 36.9 Å². The van der Waals surface area contributed by atoms with E-state index < -0.39 is 0 Å². The molecule has 3 N–H and O–H groups in total. The van der Waals surface area contributed by atoms with Gasteiger partial charge in [-0.25, -0.2) is 4.98 Å². The summed E-state index contributed by atoms with van der Waals surface area (Å²) in [4.78, 5) is 18.5. The van der Waals surface area contributed by atoms with Crippen LogP contribution in [0.2, 0.25) is 0 Å². The van der Waals surface area contributed by atoms with E-state index in [1.807, 2.05) is 29.2 Å². The van der Waals surface area contributed by atoms with Crippen LogP contribution in [0, 0.1) is 0 Å². The number of rotatable bonds is 3. The van der Waals surface area contributed by atoms with Gasteiger partial charge in [-0.2, -0.15) is 0 Å². The minimum atomic E-state index is -0.0366. The smallest absolute Gasteiger partial charge is 0.254 e. The summed E-state index contributed by atoms with van der Waals surface area (Å²) >= 11 is 0. The number of anilines is 1. The van der Waals surface area contributed by atoms with Crippen molar-refractivity contribution < 1.29 is 9.90 Å². The van der Waals surface area contributed by atoms with Gasteiger partial charge in [-0.05, 0) is 43.0 Å². The lowest BCUT2D eigenvalue weighted by Crippen LogP contribution is -2.35. The molecule has 5 heteroatoms. The predicted molar refractivity (Wildman–Crippen MR) is 90.1 cm³/mol. The molecule has 0 saturated carbocycles. The van der Waals surface area contributed by atoms with Gasteiger partial charge in [-0.1, -0.05) is 19.1 Å². The third-order valence-electron chi connectivity index (χ3n) is 4.47. The van der Waals surface area contributed by atoms with Crippen molar-refractivity contribution in [2.75, 3.05) is 12.3 Å². The number of carbonyl (C=O) groups excluding carboxylic acids is 1. The quantitative estimate of drug-likeness (QED) is 0.913. The molecule has 0 aliphatic carbocycles. The third kappa shape index (κ3) is 2.99. The fourth-order valence-electron chi connectivity index (χ4n) is 3.12. The van der Waals surface area contributed by atoms with Crippen LogP contribution in [0.3, 0.4) is 0 Å². The maximum Gasteiger partial charge on any atom is 0.254 e.